The SMILES string of the molecule is CC(C)Nc1ncc2c(n1)CN(C(=O)NC(CCS(C)(=O)=O)c1ccc(Cl)c(Cl)c1)CC2. The molecule has 0 saturated heterocycles. The van der Waals surface area contributed by atoms with Crippen molar-refractivity contribution in [3.63, 3.8) is 0 Å². The van der Waals surface area contributed by atoms with Crippen molar-refractivity contribution in [2.24, 2.45) is 0 Å². The quantitative estimate of drug-likeness (QED) is 0.599. The minimum atomic E-state index is -3.21. The summed E-state index contributed by atoms with van der Waals surface area (Å²) in [6.07, 6.45) is 3.83. The van der Waals surface area contributed by atoms with Crippen LogP contribution in [0.1, 0.15) is 43.1 Å². The van der Waals surface area contributed by atoms with E-state index in [-0.39, 0.29) is 24.2 Å². The van der Waals surface area contributed by atoms with Crippen molar-refractivity contribution < 1.29 is 13.2 Å². The number of hydrogen-bond donors (Lipinski definition) is 2. The number of fused-ring (bicyclic) bond motifs is 1. The number of amides is 2. The molecule has 2 aromatic rings. The number of carbonyl (C=O) groups excluding carboxylic acids is 1. The summed E-state index contributed by atoms with van der Waals surface area (Å²) < 4.78 is 23.5. The average Bonchev–Trinajstić information content (AvgIpc) is 2.71. The van der Waals surface area contributed by atoms with Gasteiger partial charge < -0.3 is 15.5 Å². The van der Waals surface area contributed by atoms with Gasteiger partial charge in [0.1, 0.15) is 9.84 Å². The largest absolute Gasteiger partial charge is 0.352 e. The Morgan fingerprint density at radius 1 is 1.25 bits per heavy atom. The van der Waals surface area contributed by atoms with Gasteiger partial charge in [0.25, 0.3) is 0 Å². The summed E-state index contributed by atoms with van der Waals surface area (Å²) in [5.74, 6) is 0.459. The zero-order valence-corrected chi connectivity index (χ0v) is 20.6. The van der Waals surface area contributed by atoms with E-state index >= 15 is 0 Å². The Balaban J connectivity index is 1.76. The minimum absolute atomic E-state index is 0.0710. The topological polar surface area (TPSA) is 104 Å². The minimum Gasteiger partial charge on any atom is -0.352 e. The van der Waals surface area contributed by atoms with Crippen molar-refractivity contribution in [1.29, 1.82) is 0 Å². The maximum atomic E-state index is 13.1. The molecule has 1 aromatic carbocycles. The van der Waals surface area contributed by atoms with Gasteiger partial charge in [0, 0.05) is 25.0 Å². The van der Waals surface area contributed by atoms with Gasteiger partial charge in [-0.2, -0.15) is 0 Å². The lowest BCUT2D eigenvalue weighted by atomic mass is 10.0. The maximum absolute atomic E-state index is 13.1. The highest BCUT2D eigenvalue weighted by molar-refractivity contribution is 7.90. The van der Waals surface area contributed by atoms with Gasteiger partial charge in [-0.3, -0.25) is 0 Å². The number of halogens is 2. The van der Waals surface area contributed by atoms with Crippen LogP contribution in [0.15, 0.2) is 24.4 Å². The Kier molecular flexibility index (Phi) is 7.84. The van der Waals surface area contributed by atoms with Crippen LogP contribution in [0.3, 0.4) is 0 Å². The molecule has 0 saturated carbocycles. The summed E-state index contributed by atoms with van der Waals surface area (Å²) in [7, 11) is -3.21. The normalized spacial score (nSPS) is 14.8. The summed E-state index contributed by atoms with van der Waals surface area (Å²) in [6, 6.07) is 4.40. The van der Waals surface area contributed by atoms with Crippen LogP contribution in [-0.2, 0) is 22.8 Å². The first-order valence-corrected chi connectivity index (χ1v) is 13.1. The summed E-state index contributed by atoms with van der Waals surface area (Å²) in [5, 5.41) is 6.87. The van der Waals surface area contributed by atoms with Crippen LogP contribution in [0, 0.1) is 0 Å². The fourth-order valence-corrected chi connectivity index (χ4v) is 4.40. The summed E-state index contributed by atoms with van der Waals surface area (Å²) >= 11 is 12.2. The molecule has 0 fully saturated rings. The first kappa shape index (κ1) is 24.5. The first-order valence-electron chi connectivity index (χ1n) is 10.3. The molecule has 11 heteroatoms. The van der Waals surface area contributed by atoms with Gasteiger partial charge in [0.2, 0.25) is 5.95 Å². The first-order chi connectivity index (χ1) is 15.0. The van der Waals surface area contributed by atoms with Crippen LogP contribution in [0.4, 0.5) is 10.7 Å². The Morgan fingerprint density at radius 3 is 2.66 bits per heavy atom. The van der Waals surface area contributed by atoms with Crippen molar-refractivity contribution >= 4 is 45.0 Å². The molecular formula is C21H27Cl2N5O3S. The van der Waals surface area contributed by atoms with Crippen LogP contribution in [-0.4, -0.2) is 53.9 Å². The van der Waals surface area contributed by atoms with E-state index in [0.29, 0.717) is 41.1 Å². The van der Waals surface area contributed by atoms with E-state index in [9.17, 15) is 13.2 Å². The molecule has 0 radical (unpaired) electrons. The highest BCUT2D eigenvalue weighted by atomic mass is 35.5. The van der Waals surface area contributed by atoms with E-state index in [0.717, 1.165) is 11.3 Å². The summed E-state index contributed by atoms with van der Waals surface area (Å²) in [6.45, 7) is 4.86. The number of anilines is 1. The lowest BCUT2D eigenvalue weighted by Crippen LogP contribution is -2.44. The van der Waals surface area contributed by atoms with Crippen LogP contribution in [0.5, 0.6) is 0 Å². The summed E-state index contributed by atoms with van der Waals surface area (Å²) in [5.41, 5.74) is 2.51. The van der Waals surface area contributed by atoms with Gasteiger partial charge >= 0.3 is 6.03 Å². The number of nitrogens with zero attached hydrogens (tertiary/aromatic N) is 3. The van der Waals surface area contributed by atoms with Crippen molar-refractivity contribution in [1.82, 2.24) is 20.2 Å². The maximum Gasteiger partial charge on any atom is 0.318 e. The number of aromatic nitrogens is 2. The molecular weight excluding hydrogens is 473 g/mol. The number of carbonyl (C=O) groups is 1. The highest BCUT2D eigenvalue weighted by Crippen LogP contribution is 2.28. The van der Waals surface area contributed by atoms with E-state index < -0.39 is 15.9 Å². The molecule has 1 aliphatic rings. The lowest BCUT2D eigenvalue weighted by molar-refractivity contribution is 0.187. The van der Waals surface area contributed by atoms with E-state index in [4.69, 9.17) is 23.2 Å². The van der Waals surface area contributed by atoms with E-state index in [1.165, 1.54) is 6.26 Å². The molecule has 8 nitrogen and oxygen atoms in total. The van der Waals surface area contributed by atoms with Gasteiger partial charge in [-0.1, -0.05) is 29.3 Å². The number of nitrogens with one attached hydrogen (secondary N) is 2. The zero-order chi connectivity index (χ0) is 23.5. The Morgan fingerprint density at radius 2 is 2.00 bits per heavy atom. The lowest BCUT2D eigenvalue weighted by Gasteiger charge is -2.30. The molecule has 174 valence electrons. The van der Waals surface area contributed by atoms with Crippen LogP contribution in [0.25, 0.3) is 0 Å². The molecule has 3 rings (SSSR count). The van der Waals surface area contributed by atoms with Gasteiger partial charge in [-0.25, -0.2) is 23.2 Å². The number of rotatable bonds is 7. The van der Waals surface area contributed by atoms with Crippen molar-refractivity contribution in [2.75, 3.05) is 23.9 Å². The third-order valence-electron chi connectivity index (χ3n) is 5.07. The predicted molar refractivity (Wildman–Crippen MR) is 127 cm³/mol. The van der Waals surface area contributed by atoms with Crippen molar-refractivity contribution in [3.8, 4) is 0 Å². The average molecular weight is 500 g/mol. The number of urea groups is 1. The number of sulfone groups is 1. The smallest absolute Gasteiger partial charge is 0.318 e. The fourth-order valence-electron chi connectivity index (χ4n) is 3.43. The molecule has 0 aliphatic carbocycles. The molecule has 0 spiro atoms. The monoisotopic (exact) mass is 499 g/mol. The Labute approximate surface area is 198 Å². The molecule has 1 aromatic heterocycles. The van der Waals surface area contributed by atoms with Gasteiger partial charge in [0.15, 0.2) is 0 Å². The molecule has 32 heavy (non-hydrogen) atoms. The highest BCUT2D eigenvalue weighted by Gasteiger charge is 2.26. The second-order valence-electron chi connectivity index (χ2n) is 8.23. The zero-order valence-electron chi connectivity index (χ0n) is 18.2. The standard InChI is InChI=1S/C21H27Cl2N5O3S/c1-13(2)25-20-24-11-15-6-8-28(12-19(15)26-20)21(29)27-18(7-9-32(3,30)31)14-4-5-16(22)17(23)10-14/h4-5,10-11,13,18H,6-9,12H2,1-3H3,(H,27,29)(H,24,25,26). The molecule has 2 heterocycles. The summed E-state index contributed by atoms with van der Waals surface area (Å²) in [4.78, 5) is 23.6. The third-order valence-corrected chi connectivity index (χ3v) is 6.79. The van der Waals surface area contributed by atoms with Gasteiger partial charge in [-0.05, 0) is 49.9 Å². The molecule has 2 amide bonds. The van der Waals surface area contributed by atoms with E-state index in [1.54, 1.807) is 29.3 Å². The predicted octanol–water partition coefficient (Wildman–Crippen LogP) is 3.85. The van der Waals surface area contributed by atoms with Crippen LogP contribution >= 0.6 is 23.2 Å². The van der Waals surface area contributed by atoms with Crippen molar-refractivity contribution in [2.45, 2.75) is 45.3 Å². The Hall–Kier alpha value is -2.10. The Bertz CT molecular complexity index is 1090. The van der Waals surface area contributed by atoms with Gasteiger partial charge in [0.05, 0.1) is 34.1 Å². The van der Waals surface area contributed by atoms with Crippen molar-refractivity contribution in [3.05, 3.63) is 51.3 Å². The number of hydrogen-bond acceptors (Lipinski definition) is 6. The molecule has 2 N–H and O–H groups in total. The van der Waals surface area contributed by atoms with Gasteiger partial charge in [-0.15, -0.1) is 0 Å². The van der Waals surface area contributed by atoms with Crippen LogP contribution in [0.2, 0.25) is 10.0 Å². The molecule has 1 aliphatic heterocycles. The second kappa shape index (κ2) is 10.2. The second-order valence-corrected chi connectivity index (χ2v) is 11.3. The molecule has 0 bridgehead atoms. The molecule has 1 unspecified atom stereocenters. The fraction of sp³-hybridized carbons (Fsp3) is 0.476. The van der Waals surface area contributed by atoms with E-state index in [2.05, 4.69) is 20.6 Å². The third kappa shape index (κ3) is 6.70. The molecule has 1 atom stereocenters. The van der Waals surface area contributed by atoms with Crippen LogP contribution < -0.4 is 10.6 Å². The van der Waals surface area contributed by atoms with E-state index in [1.807, 2.05) is 13.8 Å². The number of benzene rings is 1.